The lowest BCUT2D eigenvalue weighted by atomic mass is 9.80. The topological polar surface area (TPSA) is 0 Å². The molecule has 0 aliphatic heterocycles. The van der Waals surface area contributed by atoms with E-state index in [-0.39, 0.29) is 0 Å². The van der Waals surface area contributed by atoms with Crippen molar-refractivity contribution in [2.24, 2.45) is 5.41 Å². The molecule has 0 aromatic heterocycles. The van der Waals surface area contributed by atoms with E-state index < -0.39 is 0 Å². The van der Waals surface area contributed by atoms with E-state index in [2.05, 4.69) is 38.2 Å². The second kappa shape index (κ2) is 3.05. The molecule has 0 aromatic carbocycles. The molecule has 0 amide bonds. The van der Waals surface area contributed by atoms with Crippen molar-refractivity contribution in [3.05, 3.63) is 24.3 Å². The maximum atomic E-state index is 2.33. The highest BCUT2D eigenvalue weighted by molar-refractivity contribution is 5.15. The van der Waals surface area contributed by atoms with Crippen molar-refractivity contribution in [3.63, 3.8) is 0 Å². The van der Waals surface area contributed by atoms with Gasteiger partial charge in [0, 0.05) is 0 Å². The number of rotatable bonds is 2. The molecule has 0 nitrogen and oxygen atoms in total. The van der Waals surface area contributed by atoms with Gasteiger partial charge in [-0.2, -0.15) is 0 Å². The highest BCUT2D eigenvalue weighted by Crippen LogP contribution is 2.31. The first-order valence-corrected chi connectivity index (χ1v) is 4.11. The van der Waals surface area contributed by atoms with Crippen LogP contribution in [0.3, 0.4) is 0 Å². The van der Waals surface area contributed by atoms with Crippen molar-refractivity contribution in [1.82, 2.24) is 0 Å². The van der Waals surface area contributed by atoms with Crippen LogP contribution in [0.4, 0.5) is 0 Å². The molecule has 1 atom stereocenters. The van der Waals surface area contributed by atoms with Gasteiger partial charge in [-0.15, -0.1) is 0 Å². The first-order valence-electron chi connectivity index (χ1n) is 4.11. The van der Waals surface area contributed by atoms with E-state index in [1.807, 2.05) is 0 Å². The zero-order valence-electron chi connectivity index (χ0n) is 6.93. The van der Waals surface area contributed by atoms with Crippen LogP contribution in [0.15, 0.2) is 24.3 Å². The van der Waals surface area contributed by atoms with Crippen LogP contribution in [-0.2, 0) is 0 Å². The number of allylic oxidation sites excluding steroid dienone is 4. The van der Waals surface area contributed by atoms with Gasteiger partial charge in [-0.3, -0.25) is 0 Å². The summed E-state index contributed by atoms with van der Waals surface area (Å²) in [5.41, 5.74) is 0.462. The summed E-state index contributed by atoms with van der Waals surface area (Å²) in [5.74, 6) is 0. The number of hydrogen-bond donors (Lipinski definition) is 0. The van der Waals surface area contributed by atoms with Crippen LogP contribution in [0.2, 0.25) is 0 Å². The van der Waals surface area contributed by atoms with Crippen LogP contribution in [0, 0.1) is 5.41 Å². The minimum atomic E-state index is 0.462. The fourth-order valence-electron chi connectivity index (χ4n) is 1.53. The minimum absolute atomic E-state index is 0.462. The minimum Gasteiger partial charge on any atom is -0.0837 e. The SMILES string of the molecule is CCC[C@@]1(C)C=CC=CC1. The Hall–Kier alpha value is -0.520. The average molecular weight is 136 g/mol. The molecule has 56 valence electrons. The van der Waals surface area contributed by atoms with Gasteiger partial charge >= 0.3 is 0 Å². The molecule has 0 radical (unpaired) electrons. The van der Waals surface area contributed by atoms with E-state index >= 15 is 0 Å². The molecule has 10 heavy (non-hydrogen) atoms. The van der Waals surface area contributed by atoms with Gasteiger partial charge in [0.25, 0.3) is 0 Å². The van der Waals surface area contributed by atoms with E-state index in [0.29, 0.717) is 5.41 Å². The summed E-state index contributed by atoms with van der Waals surface area (Å²) in [6.45, 7) is 4.58. The van der Waals surface area contributed by atoms with Gasteiger partial charge in [0.15, 0.2) is 0 Å². The quantitative estimate of drug-likeness (QED) is 0.546. The molecule has 0 unspecified atom stereocenters. The lowest BCUT2D eigenvalue weighted by Gasteiger charge is -2.25. The van der Waals surface area contributed by atoms with Crippen molar-refractivity contribution in [1.29, 1.82) is 0 Å². The maximum absolute atomic E-state index is 2.33. The van der Waals surface area contributed by atoms with Crippen LogP contribution < -0.4 is 0 Å². The monoisotopic (exact) mass is 136 g/mol. The van der Waals surface area contributed by atoms with Crippen molar-refractivity contribution >= 4 is 0 Å². The normalized spacial score (nSPS) is 31.0. The summed E-state index contributed by atoms with van der Waals surface area (Å²) in [7, 11) is 0. The van der Waals surface area contributed by atoms with E-state index in [1.165, 1.54) is 19.3 Å². The zero-order chi connectivity index (χ0) is 7.45. The average Bonchev–Trinajstić information content (AvgIpc) is 1.89. The third kappa shape index (κ3) is 1.73. The van der Waals surface area contributed by atoms with Gasteiger partial charge in [0.1, 0.15) is 0 Å². The molecule has 0 saturated carbocycles. The molecule has 0 N–H and O–H groups in total. The van der Waals surface area contributed by atoms with E-state index in [9.17, 15) is 0 Å². The molecule has 0 spiro atoms. The summed E-state index contributed by atoms with van der Waals surface area (Å²) in [6, 6.07) is 0. The van der Waals surface area contributed by atoms with Gasteiger partial charge in [0.05, 0.1) is 0 Å². The van der Waals surface area contributed by atoms with Crippen molar-refractivity contribution in [2.45, 2.75) is 33.1 Å². The van der Waals surface area contributed by atoms with E-state index in [1.54, 1.807) is 0 Å². The molecule has 1 rings (SSSR count). The Balaban J connectivity index is 2.52. The van der Waals surface area contributed by atoms with Gasteiger partial charge < -0.3 is 0 Å². The molecule has 0 bridgehead atoms. The predicted octanol–water partition coefficient (Wildman–Crippen LogP) is 3.31. The predicted molar refractivity (Wildman–Crippen MR) is 45.9 cm³/mol. The second-order valence-electron chi connectivity index (χ2n) is 3.40. The standard InChI is InChI=1S/C10H16/c1-3-7-10(2)8-5-4-6-9-10/h4-6,8H,3,7,9H2,1-2H3/t10-/m0/s1. The van der Waals surface area contributed by atoms with Crippen LogP contribution in [0.1, 0.15) is 33.1 Å². The second-order valence-corrected chi connectivity index (χ2v) is 3.40. The third-order valence-corrected chi connectivity index (χ3v) is 2.15. The molecule has 1 aliphatic carbocycles. The Labute approximate surface area is 63.6 Å². The van der Waals surface area contributed by atoms with E-state index in [4.69, 9.17) is 0 Å². The van der Waals surface area contributed by atoms with Crippen molar-refractivity contribution in [3.8, 4) is 0 Å². The smallest absolute Gasteiger partial charge is 0.0109 e. The fourth-order valence-corrected chi connectivity index (χ4v) is 1.53. The molecular weight excluding hydrogens is 120 g/mol. The summed E-state index contributed by atoms with van der Waals surface area (Å²) in [5, 5.41) is 0. The highest BCUT2D eigenvalue weighted by Gasteiger charge is 2.18. The Bertz CT molecular complexity index is 153. The van der Waals surface area contributed by atoms with Gasteiger partial charge in [-0.1, -0.05) is 44.6 Å². The van der Waals surface area contributed by atoms with Crippen LogP contribution >= 0.6 is 0 Å². The molecule has 0 saturated heterocycles. The summed E-state index contributed by atoms with van der Waals surface area (Å²) in [6.07, 6.45) is 12.7. The Morgan fingerprint density at radius 3 is 2.70 bits per heavy atom. The Morgan fingerprint density at radius 2 is 2.20 bits per heavy atom. The highest BCUT2D eigenvalue weighted by atomic mass is 14.2. The van der Waals surface area contributed by atoms with Crippen LogP contribution in [-0.4, -0.2) is 0 Å². The molecule has 0 aromatic rings. The maximum Gasteiger partial charge on any atom is -0.0109 e. The number of hydrogen-bond acceptors (Lipinski definition) is 0. The molecular formula is C10H16. The first-order chi connectivity index (χ1) is 4.77. The lowest BCUT2D eigenvalue weighted by molar-refractivity contribution is 0.389. The third-order valence-electron chi connectivity index (χ3n) is 2.15. The summed E-state index contributed by atoms with van der Waals surface area (Å²) in [4.78, 5) is 0. The zero-order valence-corrected chi connectivity index (χ0v) is 6.93. The molecule has 0 heteroatoms. The van der Waals surface area contributed by atoms with Crippen molar-refractivity contribution < 1.29 is 0 Å². The Kier molecular flexibility index (Phi) is 2.31. The largest absolute Gasteiger partial charge is 0.0837 e. The fraction of sp³-hybridized carbons (Fsp3) is 0.600. The molecule has 1 aliphatic rings. The molecule has 0 fully saturated rings. The van der Waals surface area contributed by atoms with Crippen LogP contribution in [0.25, 0.3) is 0 Å². The van der Waals surface area contributed by atoms with Crippen LogP contribution in [0.5, 0.6) is 0 Å². The lowest BCUT2D eigenvalue weighted by Crippen LogP contribution is -2.12. The summed E-state index contributed by atoms with van der Waals surface area (Å²) >= 11 is 0. The van der Waals surface area contributed by atoms with Crippen molar-refractivity contribution in [2.75, 3.05) is 0 Å². The molecule has 0 heterocycles. The van der Waals surface area contributed by atoms with E-state index in [0.717, 1.165) is 0 Å². The first kappa shape index (κ1) is 7.59. The summed E-state index contributed by atoms with van der Waals surface area (Å²) < 4.78 is 0. The van der Waals surface area contributed by atoms with Gasteiger partial charge in [-0.25, -0.2) is 0 Å². The van der Waals surface area contributed by atoms with Gasteiger partial charge in [-0.05, 0) is 18.3 Å². The van der Waals surface area contributed by atoms with Gasteiger partial charge in [0.2, 0.25) is 0 Å². The Morgan fingerprint density at radius 1 is 1.40 bits per heavy atom.